The Kier molecular flexibility index (Phi) is 3.96. The molecule has 1 aromatic rings. The number of hydrogen-bond acceptors (Lipinski definition) is 5. The van der Waals surface area contributed by atoms with Crippen molar-refractivity contribution in [3.05, 3.63) is 5.89 Å². The molecule has 3 rings (SSSR count). The molecule has 2 aliphatic rings. The van der Waals surface area contributed by atoms with E-state index < -0.39 is 0 Å². The van der Waals surface area contributed by atoms with Gasteiger partial charge in [-0.3, -0.25) is 0 Å². The van der Waals surface area contributed by atoms with Gasteiger partial charge in [0.1, 0.15) is 0 Å². The number of aliphatic hydroxyl groups is 1. The SMILES string of the molecule is CC(C)c1nc(N2CCC(C3CC3CCO)CC2)no1. The lowest BCUT2D eigenvalue weighted by molar-refractivity contribution is 0.266. The van der Waals surface area contributed by atoms with Crippen molar-refractivity contribution in [2.45, 2.75) is 45.4 Å². The second kappa shape index (κ2) is 5.72. The Balaban J connectivity index is 1.51. The number of aromatic nitrogens is 2. The topological polar surface area (TPSA) is 62.4 Å². The van der Waals surface area contributed by atoms with Crippen LogP contribution in [0.5, 0.6) is 0 Å². The van der Waals surface area contributed by atoms with E-state index in [0.29, 0.717) is 12.5 Å². The van der Waals surface area contributed by atoms with Gasteiger partial charge in [-0.1, -0.05) is 13.8 Å². The highest BCUT2D eigenvalue weighted by molar-refractivity contribution is 5.28. The maximum atomic E-state index is 9.00. The normalized spacial score (nSPS) is 27.3. The van der Waals surface area contributed by atoms with E-state index in [0.717, 1.165) is 49.1 Å². The number of nitrogens with zero attached hydrogens (tertiary/aromatic N) is 3. The van der Waals surface area contributed by atoms with Gasteiger partial charge in [-0.25, -0.2) is 0 Å². The summed E-state index contributed by atoms with van der Waals surface area (Å²) in [6.07, 6.45) is 4.76. The van der Waals surface area contributed by atoms with Crippen LogP contribution >= 0.6 is 0 Å². The Hall–Kier alpha value is -1.10. The summed E-state index contributed by atoms with van der Waals surface area (Å²) in [7, 11) is 0. The molecule has 2 fully saturated rings. The third kappa shape index (κ3) is 2.82. The maximum absolute atomic E-state index is 9.00. The Bertz CT molecular complexity index is 438. The molecule has 0 spiro atoms. The van der Waals surface area contributed by atoms with E-state index in [-0.39, 0.29) is 0 Å². The molecule has 112 valence electrons. The van der Waals surface area contributed by atoms with Crippen LogP contribution in [0, 0.1) is 17.8 Å². The van der Waals surface area contributed by atoms with E-state index in [9.17, 15) is 0 Å². The highest BCUT2D eigenvalue weighted by Crippen LogP contribution is 2.49. The summed E-state index contributed by atoms with van der Waals surface area (Å²) >= 11 is 0. The average Bonchev–Trinajstić information content (AvgIpc) is 3.03. The third-order valence-corrected chi connectivity index (χ3v) is 4.83. The minimum absolute atomic E-state index is 0.291. The van der Waals surface area contributed by atoms with E-state index >= 15 is 0 Å². The molecule has 1 aromatic heterocycles. The first-order chi connectivity index (χ1) is 9.69. The smallest absolute Gasteiger partial charge is 0.266 e. The number of aliphatic hydroxyl groups excluding tert-OH is 1. The van der Waals surface area contributed by atoms with Crippen molar-refractivity contribution >= 4 is 5.95 Å². The predicted molar refractivity (Wildman–Crippen MR) is 76.6 cm³/mol. The van der Waals surface area contributed by atoms with Gasteiger partial charge >= 0.3 is 0 Å². The molecule has 0 aromatic carbocycles. The van der Waals surface area contributed by atoms with Gasteiger partial charge in [-0.2, -0.15) is 4.98 Å². The van der Waals surface area contributed by atoms with Crippen LogP contribution in [-0.2, 0) is 0 Å². The van der Waals surface area contributed by atoms with E-state index in [4.69, 9.17) is 9.63 Å². The molecule has 1 saturated heterocycles. The molecule has 2 heterocycles. The van der Waals surface area contributed by atoms with Gasteiger partial charge in [-0.05, 0) is 48.6 Å². The van der Waals surface area contributed by atoms with E-state index in [1.165, 1.54) is 19.3 Å². The van der Waals surface area contributed by atoms with E-state index in [2.05, 4.69) is 28.9 Å². The van der Waals surface area contributed by atoms with Gasteiger partial charge in [0.15, 0.2) is 0 Å². The van der Waals surface area contributed by atoms with Gasteiger partial charge in [-0.15, -0.1) is 0 Å². The number of rotatable bonds is 5. The van der Waals surface area contributed by atoms with Crippen LogP contribution in [0.3, 0.4) is 0 Å². The van der Waals surface area contributed by atoms with Gasteiger partial charge < -0.3 is 14.5 Å². The van der Waals surface area contributed by atoms with Gasteiger partial charge in [0.05, 0.1) is 0 Å². The minimum Gasteiger partial charge on any atom is -0.396 e. The molecule has 0 bridgehead atoms. The lowest BCUT2D eigenvalue weighted by Gasteiger charge is -2.31. The lowest BCUT2D eigenvalue weighted by Crippen LogP contribution is -2.35. The van der Waals surface area contributed by atoms with Crippen LogP contribution < -0.4 is 4.90 Å². The van der Waals surface area contributed by atoms with Crippen molar-refractivity contribution in [1.82, 2.24) is 10.1 Å². The highest BCUT2D eigenvalue weighted by Gasteiger charge is 2.43. The Morgan fingerprint density at radius 2 is 2.10 bits per heavy atom. The molecular formula is C15H25N3O2. The molecule has 0 amide bonds. The van der Waals surface area contributed by atoms with Crippen LogP contribution in [0.15, 0.2) is 4.52 Å². The number of hydrogen-bond donors (Lipinski definition) is 1. The van der Waals surface area contributed by atoms with Crippen molar-refractivity contribution in [3.8, 4) is 0 Å². The Labute approximate surface area is 120 Å². The maximum Gasteiger partial charge on any atom is 0.266 e. The zero-order valence-electron chi connectivity index (χ0n) is 12.5. The summed E-state index contributed by atoms with van der Waals surface area (Å²) in [4.78, 5) is 6.72. The van der Waals surface area contributed by atoms with Crippen LogP contribution in [0.4, 0.5) is 5.95 Å². The van der Waals surface area contributed by atoms with Crippen molar-refractivity contribution in [3.63, 3.8) is 0 Å². The zero-order valence-corrected chi connectivity index (χ0v) is 12.5. The van der Waals surface area contributed by atoms with Crippen molar-refractivity contribution in [2.24, 2.45) is 17.8 Å². The monoisotopic (exact) mass is 279 g/mol. The Morgan fingerprint density at radius 3 is 2.70 bits per heavy atom. The fourth-order valence-electron chi connectivity index (χ4n) is 3.46. The van der Waals surface area contributed by atoms with Crippen LogP contribution in [0.2, 0.25) is 0 Å². The largest absolute Gasteiger partial charge is 0.396 e. The molecule has 2 atom stereocenters. The fourth-order valence-corrected chi connectivity index (χ4v) is 3.46. The van der Waals surface area contributed by atoms with Crippen LogP contribution in [-0.4, -0.2) is 34.9 Å². The summed E-state index contributed by atoms with van der Waals surface area (Å²) in [5.74, 6) is 4.26. The van der Waals surface area contributed by atoms with Gasteiger partial charge in [0.25, 0.3) is 5.95 Å². The number of piperidine rings is 1. The fraction of sp³-hybridized carbons (Fsp3) is 0.867. The zero-order chi connectivity index (χ0) is 14.1. The van der Waals surface area contributed by atoms with Gasteiger partial charge in [0, 0.05) is 25.6 Å². The third-order valence-electron chi connectivity index (χ3n) is 4.83. The average molecular weight is 279 g/mol. The molecule has 5 nitrogen and oxygen atoms in total. The van der Waals surface area contributed by atoms with Gasteiger partial charge in [0.2, 0.25) is 5.89 Å². The van der Waals surface area contributed by atoms with Crippen LogP contribution in [0.1, 0.15) is 51.3 Å². The first kappa shape index (κ1) is 13.9. The molecule has 0 radical (unpaired) electrons. The molecule has 1 aliphatic carbocycles. The molecule has 2 unspecified atom stereocenters. The summed E-state index contributed by atoms with van der Waals surface area (Å²) in [5, 5.41) is 13.1. The minimum atomic E-state index is 0.291. The lowest BCUT2D eigenvalue weighted by atomic mass is 9.90. The molecule has 1 N–H and O–H groups in total. The predicted octanol–water partition coefficient (Wildman–Crippen LogP) is 2.43. The van der Waals surface area contributed by atoms with E-state index in [1.54, 1.807) is 0 Å². The molecule has 1 aliphatic heterocycles. The highest BCUT2D eigenvalue weighted by atomic mass is 16.5. The van der Waals surface area contributed by atoms with Crippen molar-refractivity contribution in [2.75, 3.05) is 24.6 Å². The number of anilines is 1. The summed E-state index contributed by atoms with van der Waals surface area (Å²) < 4.78 is 5.28. The van der Waals surface area contributed by atoms with Crippen molar-refractivity contribution < 1.29 is 9.63 Å². The molecule has 5 heteroatoms. The van der Waals surface area contributed by atoms with Crippen LogP contribution in [0.25, 0.3) is 0 Å². The summed E-state index contributed by atoms with van der Waals surface area (Å²) in [6.45, 7) is 6.55. The first-order valence-corrected chi connectivity index (χ1v) is 7.88. The van der Waals surface area contributed by atoms with E-state index in [1.807, 2.05) is 0 Å². The molecular weight excluding hydrogens is 254 g/mol. The second-order valence-corrected chi connectivity index (χ2v) is 6.58. The second-order valence-electron chi connectivity index (χ2n) is 6.58. The molecule has 20 heavy (non-hydrogen) atoms. The standard InChI is InChI=1S/C15H25N3O2/c1-10(2)14-16-15(17-20-14)18-6-3-11(4-7-18)13-9-12(13)5-8-19/h10-13,19H,3-9H2,1-2H3. The summed E-state index contributed by atoms with van der Waals surface area (Å²) in [6, 6.07) is 0. The molecule has 1 saturated carbocycles. The van der Waals surface area contributed by atoms with Crippen molar-refractivity contribution in [1.29, 1.82) is 0 Å². The Morgan fingerprint density at radius 1 is 1.35 bits per heavy atom. The summed E-state index contributed by atoms with van der Waals surface area (Å²) in [5.41, 5.74) is 0. The quantitative estimate of drug-likeness (QED) is 0.897. The first-order valence-electron chi connectivity index (χ1n) is 7.88.